The first-order valence-corrected chi connectivity index (χ1v) is 15.0. The predicted octanol–water partition coefficient (Wildman–Crippen LogP) is 3.22. The van der Waals surface area contributed by atoms with Gasteiger partial charge in [-0.05, 0) is 47.2 Å². The van der Waals surface area contributed by atoms with Crippen LogP contribution in [0.2, 0.25) is 0 Å². The number of sulfonamides is 1. The van der Waals surface area contributed by atoms with E-state index in [0.717, 1.165) is 38.3 Å². The summed E-state index contributed by atoms with van der Waals surface area (Å²) in [6.07, 6.45) is 5.80. The Bertz CT molecular complexity index is 1650. The number of pyridine rings is 1. The highest BCUT2D eigenvalue weighted by Crippen LogP contribution is 2.37. The molecule has 40 heavy (non-hydrogen) atoms. The van der Waals surface area contributed by atoms with Crippen molar-refractivity contribution in [3.63, 3.8) is 0 Å². The van der Waals surface area contributed by atoms with Crippen LogP contribution in [0.4, 0.5) is 34.6 Å². The molecule has 1 aromatic carbocycles. The Morgan fingerprint density at radius 3 is 2.42 bits per heavy atom. The highest BCUT2D eigenvalue weighted by atomic mass is 79.9. The predicted molar refractivity (Wildman–Crippen MR) is 160 cm³/mol. The molecule has 0 unspecified atom stereocenters. The van der Waals surface area contributed by atoms with Gasteiger partial charge in [0.25, 0.3) is 0 Å². The number of aromatic nitrogens is 5. The summed E-state index contributed by atoms with van der Waals surface area (Å²) >= 11 is 3.49. The Morgan fingerprint density at radius 1 is 0.975 bits per heavy atom. The number of hydrogen-bond donors (Lipinski definition) is 2. The van der Waals surface area contributed by atoms with Crippen molar-refractivity contribution in [2.24, 2.45) is 0 Å². The minimum atomic E-state index is -3.60. The van der Waals surface area contributed by atoms with Crippen molar-refractivity contribution in [2.75, 3.05) is 73.5 Å². The van der Waals surface area contributed by atoms with Crippen LogP contribution >= 0.6 is 15.9 Å². The van der Waals surface area contributed by atoms with E-state index in [9.17, 15) is 8.42 Å². The zero-order valence-corrected chi connectivity index (χ0v) is 24.9. The summed E-state index contributed by atoms with van der Waals surface area (Å²) in [7, 11) is 1.55. The number of likely N-dealkylation sites (N-methyl/N-ethyl adjacent to an activating group) is 1. The fourth-order valence-electron chi connectivity index (χ4n) is 4.26. The van der Waals surface area contributed by atoms with Gasteiger partial charge in [0.2, 0.25) is 21.9 Å². The number of rotatable bonds is 8. The quantitative estimate of drug-likeness (QED) is 0.296. The fraction of sp³-hybridized carbons (Fsp3) is 0.320. The van der Waals surface area contributed by atoms with Crippen LogP contribution in [0.15, 0.2) is 47.3 Å². The highest BCUT2D eigenvalue weighted by Gasteiger charge is 2.22. The third-order valence-corrected chi connectivity index (χ3v) is 8.29. The largest absolute Gasteiger partial charge is 0.479 e. The van der Waals surface area contributed by atoms with Gasteiger partial charge in [-0.3, -0.25) is 14.3 Å². The summed E-state index contributed by atoms with van der Waals surface area (Å²) in [5.41, 5.74) is 2.41. The Morgan fingerprint density at radius 2 is 1.70 bits per heavy atom. The summed E-state index contributed by atoms with van der Waals surface area (Å²) in [6.45, 7) is 3.72. The second-order valence-electron chi connectivity index (χ2n) is 9.27. The van der Waals surface area contributed by atoms with Gasteiger partial charge in [-0.2, -0.15) is 9.97 Å². The summed E-state index contributed by atoms with van der Waals surface area (Å²) in [5, 5.41) is 6.41. The molecule has 1 aliphatic rings. The van der Waals surface area contributed by atoms with E-state index in [0.29, 0.717) is 44.3 Å². The van der Waals surface area contributed by atoms with Gasteiger partial charge in [0.05, 0.1) is 29.0 Å². The second-order valence-corrected chi connectivity index (χ2v) is 12.1. The first-order valence-electron chi connectivity index (χ1n) is 12.4. The van der Waals surface area contributed by atoms with Gasteiger partial charge in [-0.15, -0.1) is 0 Å². The van der Waals surface area contributed by atoms with Crippen molar-refractivity contribution < 1.29 is 13.2 Å². The maximum Gasteiger partial charge on any atom is 0.239 e. The third kappa shape index (κ3) is 5.85. The van der Waals surface area contributed by atoms with Crippen LogP contribution in [-0.2, 0) is 10.0 Å². The molecule has 0 bridgehead atoms. The zero-order valence-electron chi connectivity index (χ0n) is 22.5. The maximum atomic E-state index is 12.5. The lowest BCUT2D eigenvalue weighted by Gasteiger charge is -2.33. The van der Waals surface area contributed by atoms with E-state index in [4.69, 9.17) is 9.72 Å². The maximum absolute atomic E-state index is 12.5. The van der Waals surface area contributed by atoms with Gasteiger partial charge in [0, 0.05) is 51.8 Å². The van der Waals surface area contributed by atoms with Crippen LogP contribution in [0.5, 0.6) is 5.88 Å². The van der Waals surface area contributed by atoms with Crippen molar-refractivity contribution >= 4 is 71.6 Å². The number of nitrogens with one attached hydrogen (secondary N) is 2. The fourth-order valence-corrected chi connectivity index (χ4v) is 5.07. The van der Waals surface area contributed by atoms with E-state index >= 15 is 0 Å². The topological polar surface area (TPSA) is 142 Å². The molecule has 4 heterocycles. The third-order valence-electron chi connectivity index (χ3n) is 6.54. The standard InChI is InChI=1S/C25H29BrN10O3S/c1-34-11-13-36(14-12-34)20-8-7-19(24(32-20)39-3)31-25-29-15-16(26)23(33-25)30-18-6-5-17-21(28-10-9-27-17)22(18)35(2)40(4,37)38/h5-10,15H,11-14H2,1-4H3,(H2,29,30,31,33). The van der Waals surface area contributed by atoms with E-state index in [1.807, 2.05) is 12.1 Å². The van der Waals surface area contributed by atoms with Crippen molar-refractivity contribution in [3.8, 4) is 5.88 Å². The van der Waals surface area contributed by atoms with E-state index < -0.39 is 10.0 Å². The number of anilines is 6. The van der Waals surface area contributed by atoms with Gasteiger partial charge in [0.15, 0.2) is 0 Å². The average molecular weight is 630 g/mol. The number of nitrogens with zero attached hydrogens (tertiary/aromatic N) is 8. The summed E-state index contributed by atoms with van der Waals surface area (Å²) in [4.78, 5) is 26.9. The molecule has 0 radical (unpaired) electrons. The highest BCUT2D eigenvalue weighted by molar-refractivity contribution is 9.10. The molecular formula is C25H29BrN10O3S. The Hall–Kier alpha value is -3.82. The summed E-state index contributed by atoms with van der Waals surface area (Å²) in [5.74, 6) is 1.96. The molecule has 3 aromatic heterocycles. The van der Waals surface area contributed by atoms with E-state index in [-0.39, 0.29) is 5.95 Å². The van der Waals surface area contributed by atoms with Crippen LogP contribution in [0, 0.1) is 0 Å². The molecule has 15 heteroatoms. The van der Waals surface area contributed by atoms with Crippen molar-refractivity contribution in [1.29, 1.82) is 0 Å². The molecule has 2 N–H and O–H groups in total. The number of halogens is 1. The van der Waals surface area contributed by atoms with Crippen LogP contribution in [0.1, 0.15) is 0 Å². The molecule has 0 atom stereocenters. The molecule has 0 saturated carbocycles. The molecule has 0 aliphatic carbocycles. The van der Waals surface area contributed by atoms with Gasteiger partial charge in [0.1, 0.15) is 28.5 Å². The summed E-state index contributed by atoms with van der Waals surface area (Å²) < 4.78 is 32.3. The molecule has 1 saturated heterocycles. The smallest absolute Gasteiger partial charge is 0.239 e. The van der Waals surface area contributed by atoms with Gasteiger partial charge in [-0.1, -0.05) is 0 Å². The first-order chi connectivity index (χ1) is 19.1. The number of methoxy groups -OCH3 is 1. The number of fused-ring (bicyclic) bond motifs is 1. The minimum Gasteiger partial charge on any atom is -0.479 e. The normalized spacial score (nSPS) is 14.3. The molecule has 4 aromatic rings. The molecular weight excluding hydrogens is 600 g/mol. The van der Waals surface area contributed by atoms with Gasteiger partial charge in [-0.25, -0.2) is 13.4 Å². The number of piperazine rings is 1. The Kier molecular flexibility index (Phi) is 7.87. The number of ether oxygens (including phenoxy) is 1. The zero-order chi connectivity index (χ0) is 28.4. The average Bonchev–Trinajstić information content (AvgIpc) is 2.94. The number of hydrogen-bond acceptors (Lipinski definition) is 12. The molecule has 13 nitrogen and oxygen atoms in total. The monoisotopic (exact) mass is 628 g/mol. The minimum absolute atomic E-state index is 0.289. The molecule has 5 rings (SSSR count). The molecule has 1 fully saturated rings. The lowest BCUT2D eigenvalue weighted by molar-refractivity contribution is 0.311. The SMILES string of the molecule is COc1nc(N2CCN(C)CC2)ccc1Nc1ncc(Br)c(Nc2ccc3nccnc3c2N(C)S(C)(=O)=O)n1. The van der Waals surface area contributed by atoms with Gasteiger partial charge < -0.3 is 25.2 Å². The Balaban J connectivity index is 1.45. The van der Waals surface area contributed by atoms with E-state index in [2.05, 4.69) is 63.3 Å². The lowest BCUT2D eigenvalue weighted by Crippen LogP contribution is -2.44. The summed E-state index contributed by atoms with van der Waals surface area (Å²) in [6, 6.07) is 7.33. The lowest BCUT2D eigenvalue weighted by atomic mass is 10.2. The van der Waals surface area contributed by atoms with Crippen molar-refractivity contribution in [2.45, 2.75) is 0 Å². The number of benzene rings is 1. The molecule has 1 aliphatic heterocycles. The molecule has 0 amide bonds. The van der Waals surface area contributed by atoms with Crippen molar-refractivity contribution in [3.05, 3.63) is 47.3 Å². The van der Waals surface area contributed by atoms with Gasteiger partial charge >= 0.3 is 0 Å². The molecule has 0 spiro atoms. The van der Waals surface area contributed by atoms with E-state index in [1.165, 1.54) is 17.5 Å². The first kappa shape index (κ1) is 27.7. The van der Waals surface area contributed by atoms with Crippen LogP contribution < -0.4 is 24.6 Å². The van der Waals surface area contributed by atoms with Crippen molar-refractivity contribution in [1.82, 2.24) is 29.8 Å². The Labute approximate surface area is 240 Å². The van der Waals surface area contributed by atoms with Crippen LogP contribution in [0.25, 0.3) is 11.0 Å². The van der Waals surface area contributed by atoms with E-state index in [1.54, 1.807) is 31.6 Å². The molecule has 210 valence electrons. The van der Waals surface area contributed by atoms with Crippen LogP contribution in [0.3, 0.4) is 0 Å². The van der Waals surface area contributed by atoms with Crippen LogP contribution in [-0.4, -0.2) is 91.9 Å². The second kappa shape index (κ2) is 11.3.